The molecule has 0 aliphatic carbocycles. The highest BCUT2D eigenvalue weighted by Crippen LogP contribution is 2.19. The van der Waals surface area contributed by atoms with Gasteiger partial charge in [-0.1, -0.05) is 35.3 Å². The lowest BCUT2D eigenvalue weighted by atomic mass is 10.2. The number of halogens is 2. The lowest BCUT2D eigenvalue weighted by molar-refractivity contribution is -0.120. The topological polar surface area (TPSA) is 75.3 Å². The Kier molecular flexibility index (Phi) is 6.23. The molecule has 0 spiro atoms. The molecule has 0 atom stereocenters. The smallest absolute Gasteiger partial charge is 0.241 e. The number of hydrogen-bond donors (Lipinski definition) is 2. The monoisotopic (exact) mass is 386 g/mol. The molecule has 0 unspecified atom stereocenters. The maximum atomic E-state index is 12.2. The molecule has 2 rings (SSSR count). The first-order valence-electron chi connectivity index (χ1n) is 7.05. The van der Waals surface area contributed by atoms with Crippen LogP contribution in [0.3, 0.4) is 0 Å². The third-order valence-corrected chi connectivity index (χ3v) is 5.34. The van der Waals surface area contributed by atoms with Crippen LogP contribution in [0.25, 0.3) is 0 Å². The molecule has 0 saturated carbocycles. The van der Waals surface area contributed by atoms with E-state index in [4.69, 9.17) is 23.2 Å². The summed E-state index contributed by atoms with van der Waals surface area (Å²) in [6.45, 7) is 1.65. The molecule has 0 saturated heterocycles. The van der Waals surface area contributed by atoms with E-state index in [-0.39, 0.29) is 18.0 Å². The van der Waals surface area contributed by atoms with E-state index in [1.54, 1.807) is 31.2 Å². The molecule has 0 bridgehead atoms. The van der Waals surface area contributed by atoms with Crippen LogP contribution in [-0.2, 0) is 21.4 Å². The van der Waals surface area contributed by atoms with Gasteiger partial charge in [-0.25, -0.2) is 13.1 Å². The van der Waals surface area contributed by atoms with E-state index in [9.17, 15) is 13.2 Å². The van der Waals surface area contributed by atoms with E-state index < -0.39 is 15.9 Å². The van der Waals surface area contributed by atoms with E-state index in [1.807, 2.05) is 0 Å². The van der Waals surface area contributed by atoms with E-state index in [1.165, 1.54) is 18.2 Å². The Morgan fingerprint density at radius 2 is 1.75 bits per heavy atom. The molecule has 2 aromatic rings. The summed E-state index contributed by atoms with van der Waals surface area (Å²) >= 11 is 11.7. The van der Waals surface area contributed by atoms with Gasteiger partial charge in [0.05, 0.1) is 11.4 Å². The Labute approximate surface area is 151 Å². The van der Waals surface area contributed by atoms with Crippen LogP contribution in [0.2, 0.25) is 10.0 Å². The number of nitrogens with one attached hydrogen (secondary N) is 2. The van der Waals surface area contributed by atoms with Crippen molar-refractivity contribution in [1.29, 1.82) is 0 Å². The number of carbonyl (C=O) groups is 1. The van der Waals surface area contributed by atoms with E-state index in [0.29, 0.717) is 15.6 Å². The zero-order chi connectivity index (χ0) is 17.7. The van der Waals surface area contributed by atoms with Gasteiger partial charge in [-0.3, -0.25) is 4.79 Å². The van der Waals surface area contributed by atoms with Crippen molar-refractivity contribution in [3.8, 4) is 0 Å². The van der Waals surface area contributed by atoms with Gasteiger partial charge >= 0.3 is 0 Å². The first-order chi connectivity index (χ1) is 11.3. The number of amides is 1. The number of hydrogen-bond acceptors (Lipinski definition) is 3. The number of benzene rings is 2. The van der Waals surface area contributed by atoms with Crippen LogP contribution >= 0.6 is 23.2 Å². The minimum atomic E-state index is -3.77. The Balaban J connectivity index is 1.90. The van der Waals surface area contributed by atoms with Crippen molar-refractivity contribution in [2.75, 3.05) is 6.54 Å². The summed E-state index contributed by atoms with van der Waals surface area (Å²) in [5, 5.41) is 3.72. The Morgan fingerprint density at radius 1 is 1.08 bits per heavy atom. The Bertz CT molecular complexity index is 837. The molecule has 0 aliphatic rings. The zero-order valence-electron chi connectivity index (χ0n) is 12.8. The van der Waals surface area contributed by atoms with Crippen molar-refractivity contribution < 1.29 is 13.2 Å². The summed E-state index contributed by atoms with van der Waals surface area (Å²) in [6, 6.07) is 11.3. The number of carbonyl (C=O) groups excluding carboxylic acids is 1. The molecule has 0 aliphatic heterocycles. The van der Waals surface area contributed by atoms with Gasteiger partial charge in [-0.2, -0.15) is 0 Å². The molecule has 5 nitrogen and oxygen atoms in total. The molecule has 24 heavy (non-hydrogen) atoms. The second-order valence-corrected chi connectivity index (χ2v) is 7.75. The van der Waals surface area contributed by atoms with Crippen LogP contribution in [0.5, 0.6) is 0 Å². The van der Waals surface area contributed by atoms with Crippen LogP contribution in [0.4, 0.5) is 0 Å². The van der Waals surface area contributed by atoms with Crippen LogP contribution in [0, 0.1) is 6.92 Å². The molecular weight excluding hydrogens is 371 g/mol. The van der Waals surface area contributed by atoms with Crippen molar-refractivity contribution in [1.82, 2.24) is 10.0 Å². The molecule has 128 valence electrons. The highest BCUT2D eigenvalue weighted by atomic mass is 35.5. The van der Waals surface area contributed by atoms with Gasteiger partial charge in [0.15, 0.2) is 0 Å². The van der Waals surface area contributed by atoms with Crippen molar-refractivity contribution in [2.45, 2.75) is 18.4 Å². The normalized spacial score (nSPS) is 11.3. The summed E-state index contributed by atoms with van der Waals surface area (Å²) in [5.41, 5.74) is 1.51. The molecule has 8 heteroatoms. The quantitative estimate of drug-likeness (QED) is 0.801. The summed E-state index contributed by atoms with van der Waals surface area (Å²) < 4.78 is 26.6. The first kappa shape index (κ1) is 18.7. The summed E-state index contributed by atoms with van der Waals surface area (Å²) in [5.74, 6) is -0.431. The maximum Gasteiger partial charge on any atom is 0.241 e. The second-order valence-electron chi connectivity index (χ2n) is 5.14. The van der Waals surface area contributed by atoms with Gasteiger partial charge in [-0.15, -0.1) is 0 Å². The molecule has 2 N–H and O–H groups in total. The highest BCUT2D eigenvalue weighted by Gasteiger charge is 2.16. The van der Waals surface area contributed by atoms with Gasteiger partial charge in [0, 0.05) is 16.6 Å². The Morgan fingerprint density at radius 3 is 2.38 bits per heavy atom. The standard InChI is InChI=1S/C16H16Cl2N2O3S/c1-11-8-14(6-7-15(11)18)24(22,23)20-10-16(21)19-9-12-2-4-13(17)5-3-12/h2-8,20H,9-10H2,1H3,(H,19,21). The van der Waals surface area contributed by atoms with Crippen LogP contribution < -0.4 is 10.0 Å². The number of sulfonamides is 1. The number of aryl methyl sites for hydroxylation is 1. The fraction of sp³-hybridized carbons (Fsp3) is 0.188. The van der Waals surface area contributed by atoms with Crippen molar-refractivity contribution in [3.63, 3.8) is 0 Å². The van der Waals surface area contributed by atoms with E-state index in [2.05, 4.69) is 10.0 Å². The SMILES string of the molecule is Cc1cc(S(=O)(=O)NCC(=O)NCc2ccc(Cl)cc2)ccc1Cl. The largest absolute Gasteiger partial charge is 0.351 e. The first-order valence-corrected chi connectivity index (χ1v) is 9.29. The summed E-state index contributed by atoms with van der Waals surface area (Å²) in [7, 11) is -3.77. The molecule has 0 heterocycles. The molecule has 0 fully saturated rings. The molecular formula is C16H16Cl2N2O3S. The van der Waals surface area contributed by atoms with Crippen molar-refractivity contribution in [3.05, 3.63) is 63.6 Å². The fourth-order valence-electron chi connectivity index (χ4n) is 1.89. The minimum Gasteiger partial charge on any atom is -0.351 e. The second kappa shape index (κ2) is 7.98. The lowest BCUT2D eigenvalue weighted by Crippen LogP contribution is -2.36. The molecule has 2 aromatic carbocycles. The summed E-state index contributed by atoms with van der Waals surface area (Å²) in [4.78, 5) is 11.9. The zero-order valence-corrected chi connectivity index (χ0v) is 15.2. The van der Waals surface area contributed by atoms with Gasteiger partial charge in [0.1, 0.15) is 0 Å². The molecule has 1 amide bonds. The average molecular weight is 387 g/mol. The third-order valence-electron chi connectivity index (χ3n) is 3.27. The Hall–Kier alpha value is -1.60. The minimum absolute atomic E-state index is 0.0647. The predicted octanol–water partition coefficient (Wildman–Crippen LogP) is 2.90. The van der Waals surface area contributed by atoms with Crippen molar-refractivity contribution in [2.24, 2.45) is 0 Å². The lowest BCUT2D eigenvalue weighted by Gasteiger charge is -2.09. The van der Waals surface area contributed by atoms with E-state index >= 15 is 0 Å². The van der Waals surface area contributed by atoms with Crippen LogP contribution in [0.1, 0.15) is 11.1 Å². The third kappa shape index (κ3) is 5.21. The van der Waals surface area contributed by atoms with Gasteiger partial charge in [0.25, 0.3) is 0 Å². The highest BCUT2D eigenvalue weighted by molar-refractivity contribution is 7.89. The molecule has 0 radical (unpaired) electrons. The number of rotatable bonds is 6. The van der Waals surface area contributed by atoms with Gasteiger partial charge < -0.3 is 5.32 Å². The maximum absolute atomic E-state index is 12.2. The van der Waals surface area contributed by atoms with Gasteiger partial charge in [-0.05, 0) is 48.4 Å². The molecule has 0 aromatic heterocycles. The average Bonchev–Trinajstić information content (AvgIpc) is 2.55. The van der Waals surface area contributed by atoms with Gasteiger partial charge in [0.2, 0.25) is 15.9 Å². The summed E-state index contributed by atoms with van der Waals surface area (Å²) in [6.07, 6.45) is 0. The van der Waals surface area contributed by atoms with Crippen LogP contribution in [0.15, 0.2) is 47.4 Å². The van der Waals surface area contributed by atoms with Crippen molar-refractivity contribution >= 4 is 39.1 Å². The van der Waals surface area contributed by atoms with E-state index in [0.717, 1.165) is 5.56 Å². The van der Waals surface area contributed by atoms with Crippen LogP contribution in [-0.4, -0.2) is 20.9 Å². The fourth-order valence-corrected chi connectivity index (χ4v) is 3.20. The predicted molar refractivity (Wildman–Crippen MR) is 94.7 cm³/mol.